The van der Waals surface area contributed by atoms with Gasteiger partial charge < -0.3 is 14.6 Å². The fourth-order valence-electron chi connectivity index (χ4n) is 2.83. The lowest BCUT2D eigenvalue weighted by Crippen LogP contribution is -2.43. The number of rotatable bonds is 4. The van der Waals surface area contributed by atoms with Crippen LogP contribution in [0.1, 0.15) is 35.3 Å². The number of hydrogen-bond donors (Lipinski definition) is 1. The van der Waals surface area contributed by atoms with Gasteiger partial charge in [-0.05, 0) is 32.8 Å². The Morgan fingerprint density at radius 3 is 3.18 bits per heavy atom. The Hall–Kier alpha value is -1.66. The number of ether oxygens (including phenoxy) is 1. The number of aromatic amines is 1. The van der Waals surface area contributed by atoms with Gasteiger partial charge in [0.25, 0.3) is 5.91 Å². The Labute approximate surface area is 134 Å². The van der Waals surface area contributed by atoms with Crippen LogP contribution in [0.4, 0.5) is 0 Å². The van der Waals surface area contributed by atoms with Gasteiger partial charge in [-0.25, -0.2) is 4.98 Å². The summed E-state index contributed by atoms with van der Waals surface area (Å²) in [5, 5.41) is 3.04. The Morgan fingerprint density at radius 2 is 2.45 bits per heavy atom. The molecular weight excluding hydrogens is 298 g/mol. The van der Waals surface area contributed by atoms with Crippen LogP contribution in [-0.2, 0) is 4.74 Å². The Bertz CT molecular complexity index is 647. The molecule has 0 aliphatic carbocycles. The van der Waals surface area contributed by atoms with Crippen LogP contribution in [0.25, 0.3) is 11.3 Å². The normalized spacial score (nSPS) is 18.6. The average Bonchev–Trinajstić information content (AvgIpc) is 3.16. The summed E-state index contributed by atoms with van der Waals surface area (Å²) in [5.74, 6) is 0.0441. The molecule has 1 aliphatic heterocycles. The molecule has 1 atom stereocenters. The van der Waals surface area contributed by atoms with E-state index in [-0.39, 0.29) is 12.0 Å². The molecule has 1 aliphatic rings. The molecule has 3 rings (SSSR count). The first-order valence-electron chi connectivity index (χ1n) is 7.69. The molecule has 2 aromatic rings. The standard InChI is InChI=1S/C16H21N3O2S/c1-3-21-13-5-4-6-19(9-13)16(20)14-7-12(8-17-14)15-10-22-11(2)18-15/h7-8,10,13,17H,3-6,9H2,1-2H3. The van der Waals surface area contributed by atoms with Crippen LogP contribution in [0, 0.1) is 6.92 Å². The number of hydrogen-bond acceptors (Lipinski definition) is 4. The van der Waals surface area contributed by atoms with E-state index in [0.717, 1.165) is 35.7 Å². The molecule has 3 heterocycles. The SMILES string of the molecule is CCOC1CCCN(C(=O)c2cc(-c3csc(C)n3)c[nH]2)C1. The summed E-state index contributed by atoms with van der Waals surface area (Å²) in [4.78, 5) is 22.0. The maximum atomic E-state index is 12.6. The van der Waals surface area contributed by atoms with Gasteiger partial charge in [0.05, 0.1) is 16.8 Å². The van der Waals surface area contributed by atoms with Crippen molar-refractivity contribution in [1.29, 1.82) is 0 Å². The smallest absolute Gasteiger partial charge is 0.270 e. The summed E-state index contributed by atoms with van der Waals surface area (Å²) >= 11 is 1.61. The molecule has 118 valence electrons. The highest BCUT2D eigenvalue weighted by atomic mass is 32.1. The fraction of sp³-hybridized carbons (Fsp3) is 0.500. The number of nitrogens with zero attached hydrogens (tertiary/aromatic N) is 2. The summed E-state index contributed by atoms with van der Waals surface area (Å²) in [6.45, 7) is 6.15. The van der Waals surface area contributed by atoms with Gasteiger partial charge in [-0.3, -0.25) is 4.79 Å². The van der Waals surface area contributed by atoms with Gasteiger partial charge in [0.1, 0.15) is 5.69 Å². The highest BCUT2D eigenvalue weighted by Gasteiger charge is 2.25. The summed E-state index contributed by atoms with van der Waals surface area (Å²) in [7, 11) is 0. The van der Waals surface area contributed by atoms with E-state index in [1.165, 1.54) is 0 Å². The number of H-pyrrole nitrogens is 1. The number of thiazole rings is 1. The molecule has 2 aromatic heterocycles. The third-order valence-corrected chi connectivity index (χ3v) is 4.67. The Kier molecular flexibility index (Phi) is 4.59. The molecule has 0 aromatic carbocycles. The van der Waals surface area contributed by atoms with E-state index in [2.05, 4.69) is 9.97 Å². The van der Waals surface area contributed by atoms with E-state index < -0.39 is 0 Å². The quantitative estimate of drug-likeness (QED) is 0.942. The van der Waals surface area contributed by atoms with Gasteiger partial charge in [0.15, 0.2) is 0 Å². The predicted molar refractivity (Wildman–Crippen MR) is 87.2 cm³/mol. The predicted octanol–water partition coefficient (Wildman–Crippen LogP) is 3.09. The number of carbonyl (C=O) groups excluding carboxylic acids is 1. The third-order valence-electron chi connectivity index (χ3n) is 3.90. The Morgan fingerprint density at radius 1 is 1.59 bits per heavy atom. The number of likely N-dealkylation sites (tertiary alicyclic amines) is 1. The molecular formula is C16H21N3O2S. The molecule has 1 saturated heterocycles. The summed E-state index contributed by atoms with van der Waals surface area (Å²) in [6.07, 6.45) is 4.05. The zero-order valence-electron chi connectivity index (χ0n) is 13.0. The van der Waals surface area contributed by atoms with Crippen LogP contribution in [-0.4, -0.2) is 46.6 Å². The van der Waals surface area contributed by atoms with Crippen molar-refractivity contribution in [2.45, 2.75) is 32.8 Å². The lowest BCUT2D eigenvalue weighted by atomic mass is 10.1. The van der Waals surface area contributed by atoms with Crippen molar-refractivity contribution in [1.82, 2.24) is 14.9 Å². The molecule has 0 bridgehead atoms. The number of piperidine rings is 1. The van der Waals surface area contributed by atoms with Gasteiger partial charge in [-0.2, -0.15) is 0 Å². The van der Waals surface area contributed by atoms with Crippen molar-refractivity contribution in [2.24, 2.45) is 0 Å². The number of aryl methyl sites for hydroxylation is 1. The largest absolute Gasteiger partial charge is 0.377 e. The first-order valence-corrected chi connectivity index (χ1v) is 8.57. The molecule has 1 unspecified atom stereocenters. The minimum Gasteiger partial charge on any atom is -0.377 e. The van der Waals surface area contributed by atoms with E-state index in [9.17, 15) is 4.79 Å². The molecule has 0 radical (unpaired) electrons. The second-order valence-corrected chi connectivity index (χ2v) is 6.59. The van der Waals surface area contributed by atoms with Gasteiger partial charge in [-0.1, -0.05) is 0 Å². The van der Waals surface area contributed by atoms with Crippen molar-refractivity contribution in [3.05, 3.63) is 28.3 Å². The average molecular weight is 319 g/mol. The van der Waals surface area contributed by atoms with E-state index >= 15 is 0 Å². The van der Waals surface area contributed by atoms with Crippen molar-refractivity contribution in [3.63, 3.8) is 0 Å². The number of amides is 1. The number of aromatic nitrogens is 2. The highest BCUT2D eigenvalue weighted by Crippen LogP contribution is 2.23. The first kappa shape index (κ1) is 15.2. The molecule has 1 amide bonds. The fourth-order valence-corrected chi connectivity index (χ4v) is 3.45. The van der Waals surface area contributed by atoms with Crippen LogP contribution < -0.4 is 0 Å². The van der Waals surface area contributed by atoms with Gasteiger partial charge in [0.2, 0.25) is 0 Å². The van der Waals surface area contributed by atoms with Crippen LogP contribution in [0.5, 0.6) is 0 Å². The van der Waals surface area contributed by atoms with E-state index in [4.69, 9.17) is 4.74 Å². The second-order valence-electron chi connectivity index (χ2n) is 5.52. The van der Waals surface area contributed by atoms with Gasteiger partial charge in [0, 0.05) is 36.8 Å². The minimum atomic E-state index is 0.0441. The summed E-state index contributed by atoms with van der Waals surface area (Å²) in [5.41, 5.74) is 2.51. The van der Waals surface area contributed by atoms with E-state index in [1.807, 2.05) is 36.4 Å². The van der Waals surface area contributed by atoms with E-state index in [1.54, 1.807) is 11.3 Å². The van der Waals surface area contributed by atoms with Crippen LogP contribution in [0.3, 0.4) is 0 Å². The van der Waals surface area contributed by atoms with Crippen molar-refractivity contribution in [3.8, 4) is 11.3 Å². The monoisotopic (exact) mass is 319 g/mol. The number of nitrogens with one attached hydrogen (secondary N) is 1. The molecule has 0 spiro atoms. The highest BCUT2D eigenvalue weighted by molar-refractivity contribution is 7.09. The molecule has 0 saturated carbocycles. The van der Waals surface area contributed by atoms with Crippen LogP contribution >= 0.6 is 11.3 Å². The van der Waals surface area contributed by atoms with E-state index in [0.29, 0.717) is 18.8 Å². The second kappa shape index (κ2) is 6.62. The zero-order valence-corrected chi connectivity index (χ0v) is 13.8. The van der Waals surface area contributed by atoms with Gasteiger partial charge >= 0.3 is 0 Å². The third kappa shape index (κ3) is 3.23. The molecule has 1 N–H and O–H groups in total. The van der Waals surface area contributed by atoms with Crippen molar-refractivity contribution in [2.75, 3.05) is 19.7 Å². The lowest BCUT2D eigenvalue weighted by molar-refractivity contribution is 0.00706. The topological polar surface area (TPSA) is 58.2 Å². The summed E-state index contributed by atoms with van der Waals surface area (Å²) < 4.78 is 5.66. The van der Waals surface area contributed by atoms with Crippen molar-refractivity contribution < 1.29 is 9.53 Å². The minimum absolute atomic E-state index is 0.0441. The van der Waals surface area contributed by atoms with Gasteiger partial charge in [-0.15, -0.1) is 11.3 Å². The lowest BCUT2D eigenvalue weighted by Gasteiger charge is -2.32. The van der Waals surface area contributed by atoms with Crippen LogP contribution in [0.15, 0.2) is 17.6 Å². The maximum absolute atomic E-state index is 12.6. The zero-order chi connectivity index (χ0) is 15.5. The maximum Gasteiger partial charge on any atom is 0.270 e. The number of carbonyl (C=O) groups is 1. The molecule has 1 fully saturated rings. The molecule has 6 heteroatoms. The molecule has 22 heavy (non-hydrogen) atoms. The first-order chi connectivity index (χ1) is 10.7. The molecule has 5 nitrogen and oxygen atoms in total. The Balaban J connectivity index is 1.71. The summed E-state index contributed by atoms with van der Waals surface area (Å²) in [6, 6.07) is 1.89. The van der Waals surface area contributed by atoms with Crippen molar-refractivity contribution >= 4 is 17.2 Å². The van der Waals surface area contributed by atoms with Crippen LogP contribution in [0.2, 0.25) is 0 Å².